The molecule has 25 heavy (non-hydrogen) atoms. The van der Waals surface area contributed by atoms with Crippen molar-refractivity contribution in [1.29, 1.82) is 0 Å². The molecule has 0 N–H and O–H groups in total. The van der Waals surface area contributed by atoms with Crippen molar-refractivity contribution in [2.24, 2.45) is 0 Å². The van der Waals surface area contributed by atoms with Crippen molar-refractivity contribution in [2.45, 2.75) is 24.7 Å². The Kier molecular flexibility index (Phi) is 5.91. The summed E-state index contributed by atoms with van der Waals surface area (Å²) in [5, 5.41) is 10.9. The summed E-state index contributed by atoms with van der Waals surface area (Å²) in [7, 11) is -3.84. The number of carbonyl (C=O) groups is 1. The van der Waals surface area contributed by atoms with Gasteiger partial charge in [-0.3, -0.25) is 14.9 Å². The van der Waals surface area contributed by atoms with Gasteiger partial charge in [-0.25, -0.2) is 8.42 Å². The van der Waals surface area contributed by atoms with Crippen LogP contribution in [0.4, 0.5) is 5.69 Å². The van der Waals surface area contributed by atoms with E-state index in [1.54, 1.807) is 17.9 Å². The first kappa shape index (κ1) is 19.1. The van der Waals surface area contributed by atoms with E-state index in [2.05, 4.69) is 6.58 Å². The van der Waals surface area contributed by atoms with E-state index in [4.69, 9.17) is 0 Å². The van der Waals surface area contributed by atoms with Crippen molar-refractivity contribution in [3.8, 4) is 0 Å². The molecule has 9 heteroatoms. The van der Waals surface area contributed by atoms with Crippen LogP contribution in [0.5, 0.6) is 0 Å². The molecule has 0 atom stereocenters. The van der Waals surface area contributed by atoms with Gasteiger partial charge in [0.1, 0.15) is 0 Å². The van der Waals surface area contributed by atoms with Gasteiger partial charge in [-0.2, -0.15) is 4.31 Å². The van der Waals surface area contributed by atoms with Gasteiger partial charge in [0, 0.05) is 44.7 Å². The highest BCUT2D eigenvalue weighted by Gasteiger charge is 2.31. The molecular weight excluding hydrogens is 346 g/mol. The fourth-order valence-corrected chi connectivity index (χ4v) is 4.35. The minimum absolute atomic E-state index is 0.0246. The summed E-state index contributed by atoms with van der Waals surface area (Å²) >= 11 is 0. The Morgan fingerprint density at radius 1 is 1.32 bits per heavy atom. The molecule has 1 saturated heterocycles. The molecule has 0 radical (unpaired) electrons. The second-order valence-corrected chi connectivity index (χ2v) is 7.73. The number of aryl methyl sites for hydroxylation is 1. The number of amides is 1. The molecule has 1 fully saturated rings. The summed E-state index contributed by atoms with van der Waals surface area (Å²) in [5.41, 5.74) is 0.192. The molecule has 8 nitrogen and oxygen atoms in total. The third-order valence-corrected chi connectivity index (χ3v) is 6.19. The number of piperazine rings is 1. The molecule has 1 aliphatic rings. The Hall–Kier alpha value is -2.26. The lowest BCUT2D eigenvalue weighted by Gasteiger charge is -2.34. The van der Waals surface area contributed by atoms with Crippen molar-refractivity contribution in [3.05, 3.63) is 46.5 Å². The van der Waals surface area contributed by atoms with Crippen LogP contribution in [0.15, 0.2) is 35.7 Å². The van der Waals surface area contributed by atoms with Crippen molar-refractivity contribution in [1.82, 2.24) is 9.21 Å². The van der Waals surface area contributed by atoms with Crippen LogP contribution in [-0.2, 0) is 14.8 Å². The Morgan fingerprint density at radius 2 is 1.96 bits per heavy atom. The van der Waals surface area contributed by atoms with Crippen LogP contribution in [-0.4, -0.2) is 54.6 Å². The molecule has 0 saturated carbocycles. The Labute approximate surface area is 146 Å². The van der Waals surface area contributed by atoms with Gasteiger partial charge in [0.15, 0.2) is 0 Å². The van der Waals surface area contributed by atoms with Crippen LogP contribution < -0.4 is 0 Å². The van der Waals surface area contributed by atoms with Crippen LogP contribution in [0.1, 0.15) is 18.4 Å². The molecule has 0 aliphatic carbocycles. The van der Waals surface area contributed by atoms with Crippen molar-refractivity contribution >= 4 is 21.6 Å². The molecule has 1 heterocycles. The average Bonchev–Trinajstić information content (AvgIpc) is 2.59. The van der Waals surface area contributed by atoms with Crippen LogP contribution in [0, 0.1) is 17.0 Å². The van der Waals surface area contributed by atoms with Crippen LogP contribution in [0.2, 0.25) is 0 Å². The maximum absolute atomic E-state index is 12.8. The van der Waals surface area contributed by atoms with E-state index in [1.807, 2.05) is 0 Å². The van der Waals surface area contributed by atoms with Crippen molar-refractivity contribution < 1.29 is 18.1 Å². The minimum atomic E-state index is -3.84. The van der Waals surface area contributed by atoms with E-state index in [0.717, 1.165) is 6.07 Å². The number of rotatable bonds is 6. The standard InChI is InChI=1S/C16H21N3O5S/c1-3-4-5-16(20)17-8-10-18(11-9-17)25(23,24)15-12-14(19(21)22)7-6-13(15)2/h3,6-7,12H,1,4-5,8-11H2,2H3. The van der Waals surface area contributed by atoms with E-state index in [1.165, 1.54) is 16.4 Å². The number of nitro groups is 1. The predicted molar refractivity (Wildman–Crippen MR) is 92.6 cm³/mol. The topological polar surface area (TPSA) is 101 Å². The van der Waals surface area contributed by atoms with Gasteiger partial charge in [-0.05, 0) is 18.9 Å². The monoisotopic (exact) mass is 367 g/mol. The second kappa shape index (κ2) is 7.75. The molecule has 2 rings (SSSR count). The van der Waals surface area contributed by atoms with E-state index in [0.29, 0.717) is 31.5 Å². The molecular formula is C16H21N3O5S. The number of carbonyl (C=O) groups excluding carboxylic acids is 1. The average molecular weight is 367 g/mol. The number of nitro benzene ring substituents is 1. The highest BCUT2D eigenvalue weighted by Crippen LogP contribution is 2.25. The first-order chi connectivity index (χ1) is 11.8. The number of allylic oxidation sites excluding steroid dienone is 1. The fourth-order valence-electron chi connectivity index (χ4n) is 2.68. The smallest absolute Gasteiger partial charge is 0.270 e. The summed E-state index contributed by atoms with van der Waals surface area (Å²) in [6.07, 6.45) is 2.62. The summed E-state index contributed by atoms with van der Waals surface area (Å²) in [5.74, 6) is -0.0246. The van der Waals surface area contributed by atoms with E-state index in [9.17, 15) is 23.3 Å². The molecule has 1 aromatic carbocycles. The van der Waals surface area contributed by atoms with Crippen LogP contribution in [0.3, 0.4) is 0 Å². The molecule has 1 amide bonds. The lowest BCUT2D eigenvalue weighted by molar-refractivity contribution is -0.385. The zero-order chi connectivity index (χ0) is 18.6. The normalized spacial score (nSPS) is 15.8. The minimum Gasteiger partial charge on any atom is -0.340 e. The van der Waals surface area contributed by atoms with Gasteiger partial charge in [0.2, 0.25) is 15.9 Å². The van der Waals surface area contributed by atoms with Gasteiger partial charge >= 0.3 is 0 Å². The van der Waals surface area contributed by atoms with E-state index in [-0.39, 0.29) is 29.6 Å². The highest BCUT2D eigenvalue weighted by atomic mass is 32.2. The first-order valence-electron chi connectivity index (χ1n) is 7.91. The molecule has 1 aliphatic heterocycles. The maximum atomic E-state index is 12.8. The molecule has 0 unspecified atom stereocenters. The Bertz CT molecular complexity index is 783. The zero-order valence-corrected chi connectivity index (χ0v) is 14.9. The quantitative estimate of drug-likeness (QED) is 0.433. The lowest BCUT2D eigenvalue weighted by Crippen LogP contribution is -2.50. The third-order valence-electron chi connectivity index (χ3n) is 4.15. The second-order valence-electron chi connectivity index (χ2n) is 5.82. The third kappa shape index (κ3) is 4.23. The van der Waals surface area contributed by atoms with Crippen LogP contribution in [0.25, 0.3) is 0 Å². The van der Waals surface area contributed by atoms with Gasteiger partial charge < -0.3 is 4.90 Å². The van der Waals surface area contributed by atoms with Gasteiger partial charge in [-0.1, -0.05) is 12.1 Å². The molecule has 0 spiro atoms. The summed E-state index contributed by atoms with van der Waals surface area (Å²) in [4.78, 5) is 23.9. The van der Waals surface area contributed by atoms with Crippen molar-refractivity contribution in [2.75, 3.05) is 26.2 Å². The van der Waals surface area contributed by atoms with E-state index >= 15 is 0 Å². The fraction of sp³-hybridized carbons (Fsp3) is 0.438. The zero-order valence-electron chi connectivity index (χ0n) is 14.1. The number of hydrogen-bond acceptors (Lipinski definition) is 5. The summed E-state index contributed by atoms with van der Waals surface area (Å²) in [6, 6.07) is 3.80. The Balaban J connectivity index is 2.15. The number of nitrogens with zero attached hydrogens (tertiary/aromatic N) is 3. The highest BCUT2D eigenvalue weighted by molar-refractivity contribution is 7.89. The molecule has 0 bridgehead atoms. The van der Waals surface area contributed by atoms with Crippen LogP contribution >= 0.6 is 0 Å². The summed E-state index contributed by atoms with van der Waals surface area (Å²) in [6.45, 7) is 6.14. The maximum Gasteiger partial charge on any atom is 0.270 e. The van der Waals surface area contributed by atoms with Gasteiger partial charge in [0.25, 0.3) is 5.69 Å². The number of hydrogen-bond donors (Lipinski definition) is 0. The first-order valence-corrected chi connectivity index (χ1v) is 9.35. The largest absolute Gasteiger partial charge is 0.340 e. The van der Waals surface area contributed by atoms with Gasteiger partial charge in [-0.15, -0.1) is 6.58 Å². The number of non-ortho nitro benzene ring substituents is 1. The lowest BCUT2D eigenvalue weighted by atomic mass is 10.2. The summed E-state index contributed by atoms with van der Waals surface area (Å²) < 4.78 is 26.9. The van der Waals surface area contributed by atoms with Crippen molar-refractivity contribution in [3.63, 3.8) is 0 Å². The predicted octanol–water partition coefficient (Wildman–Crippen LogP) is 1.70. The van der Waals surface area contributed by atoms with Gasteiger partial charge in [0.05, 0.1) is 9.82 Å². The molecule has 136 valence electrons. The Morgan fingerprint density at radius 3 is 2.52 bits per heavy atom. The van der Waals surface area contributed by atoms with E-state index < -0.39 is 14.9 Å². The number of benzene rings is 1. The number of sulfonamides is 1. The molecule has 1 aromatic rings. The SMILES string of the molecule is C=CCCC(=O)N1CCN(S(=O)(=O)c2cc([N+](=O)[O-])ccc2C)CC1. The molecule has 0 aromatic heterocycles.